The van der Waals surface area contributed by atoms with E-state index in [0.29, 0.717) is 19.0 Å². The number of aryl methyl sites for hydroxylation is 1. The molecule has 1 aliphatic heterocycles. The Morgan fingerprint density at radius 2 is 2.26 bits per heavy atom. The van der Waals surface area contributed by atoms with Crippen LogP contribution in [0.1, 0.15) is 22.8 Å². The molecule has 5 heteroatoms. The first-order valence-corrected chi connectivity index (χ1v) is 6.66. The van der Waals surface area contributed by atoms with Gasteiger partial charge in [0.25, 0.3) is 0 Å². The molecule has 4 nitrogen and oxygen atoms in total. The molecule has 3 rings (SSSR count). The number of hydrogen-bond donors (Lipinski definition) is 1. The predicted octanol–water partition coefficient (Wildman–Crippen LogP) is 2.86. The smallest absolute Gasteiger partial charge is 0.208 e. The van der Waals surface area contributed by atoms with Crippen LogP contribution in [0.4, 0.5) is 0 Å². The van der Waals surface area contributed by atoms with E-state index in [1.165, 1.54) is 5.56 Å². The summed E-state index contributed by atoms with van der Waals surface area (Å²) in [5, 5.41) is 4.05. The van der Waals surface area contributed by atoms with Crippen LogP contribution in [-0.4, -0.2) is 11.6 Å². The minimum atomic E-state index is 0.592. The van der Waals surface area contributed by atoms with E-state index < -0.39 is 0 Å². The van der Waals surface area contributed by atoms with Crippen LogP contribution in [0.3, 0.4) is 0 Å². The summed E-state index contributed by atoms with van der Waals surface area (Å²) < 4.78 is 11.1. The molecule has 19 heavy (non-hydrogen) atoms. The fourth-order valence-electron chi connectivity index (χ4n) is 2.26. The van der Waals surface area contributed by atoms with Crippen LogP contribution in [0, 0.1) is 6.92 Å². The van der Waals surface area contributed by atoms with Crippen molar-refractivity contribution in [1.82, 2.24) is 10.3 Å². The van der Waals surface area contributed by atoms with Gasteiger partial charge in [0.05, 0.1) is 19.3 Å². The number of nitrogens with zero attached hydrogens (tertiary/aromatic N) is 1. The molecule has 0 radical (unpaired) electrons. The number of benzene rings is 1. The lowest BCUT2D eigenvalue weighted by molar-refractivity contribution is 0.352. The van der Waals surface area contributed by atoms with Gasteiger partial charge in [0.2, 0.25) is 5.89 Å². The second-order valence-electron chi connectivity index (χ2n) is 4.62. The Morgan fingerprint density at radius 1 is 1.37 bits per heavy atom. The number of hydrogen-bond acceptors (Lipinski definition) is 4. The van der Waals surface area contributed by atoms with Crippen molar-refractivity contribution in [1.29, 1.82) is 0 Å². The molecular formula is C14H15ClN2O2. The average molecular weight is 279 g/mol. The summed E-state index contributed by atoms with van der Waals surface area (Å²) in [4.78, 5) is 4.15. The van der Waals surface area contributed by atoms with E-state index in [4.69, 9.17) is 20.8 Å². The first-order chi connectivity index (χ1) is 9.22. The molecule has 0 amide bonds. The molecule has 0 saturated carbocycles. The Balaban J connectivity index is 1.67. The largest absolute Gasteiger partial charge is 0.493 e. The third kappa shape index (κ3) is 2.74. The molecule has 100 valence electrons. The van der Waals surface area contributed by atoms with Crippen LogP contribution in [-0.2, 0) is 19.5 Å². The standard InChI is InChI=1S/C14H15ClN2O2/c1-9-6-17-13(19-9)8-16-7-11-5-12(15)4-10-2-3-18-14(10)11/h4-6,16H,2-3,7-8H2,1H3. The molecule has 1 aromatic carbocycles. The minimum absolute atomic E-state index is 0.592. The number of nitrogens with one attached hydrogen (secondary N) is 1. The number of fused-ring (bicyclic) bond motifs is 1. The second-order valence-corrected chi connectivity index (χ2v) is 5.06. The van der Waals surface area contributed by atoms with Crippen LogP contribution in [0.15, 0.2) is 22.7 Å². The van der Waals surface area contributed by atoms with E-state index in [1.54, 1.807) is 6.20 Å². The molecule has 0 aliphatic carbocycles. The van der Waals surface area contributed by atoms with Crippen LogP contribution >= 0.6 is 11.6 Å². The van der Waals surface area contributed by atoms with Gasteiger partial charge < -0.3 is 14.5 Å². The maximum absolute atomic E-state index is 6.11. The maximum Gasteiger partial charge on any atom is 0.208 e. The van der Waals surface area contributed by atoms with Gasteiger partial charge in [0.15, 0.2) is 0 Å². The Hall–Kier alpha value is -1.52. The van der Waals surface area contributed by atoms with Gasteiger partial charge in [-0.15, -0.1) is 0 Å². The highest BCUT2D eigenvalue weighted by molar-refractivity contribution is 6.30. The first kappa shape index (κ1) is 12.5. The zero-order chi connectivity index (χ0) is 13.2. The molecular weight excluding hydrogens is 264 g/mol. The molecule has 0 atom stereocenters. The van der Waals surface area contributed by atoms with Crippen molar-refractivity contribution in [3.8, 4) is 5.75 Å². The zero-order valence-electron chi connectivity index (χ0n) is 10.7. The molecule has 0 unspecified atom stereocenters. The van der Waals surface area contributed by atoms with E-state index in [1.807, 2.05) is 19.1 Å². The van der Waals surface area contributed by atoms with Crippen LogP contribution in [0.5, 0.6) is 5.75 Å². The molecule has 2 aromatic rings. The van der Waals surface area contributed by atoms with Crippen molar-refractivity contribution in [2.45, 2.75) is 26.4 Å². The van der Waals surface area contributed by atoms with Gasteiger partial charge in [0.1, 0.15) is 11.5 Å². The van der Waals surface area contributed by atoms with Gasteiger partial charge in [-0.1, -0.05) is 11.6 Å². The highest BCUT2D eigenvalue weighted by Crippen LogP contribution is 2.32. The molecule has 1 aliphatic rings. The molecule has 0 spiro atoms. The SMILES string of the molecule is Cc1cnc(CNCc2cc(Cl)cc3c2OCC3)o1. The van der Waals surface area contributed by atoms with Crippen molar-refractivity contribution in [3.63, 3.8) is 0 Å². The molecule has 1 N–H and O–H groups in total. The summed E-state index contributed by atoms with van der Waals surface area (Å²) in [6, 6.07) is 3.92. The Kier molecular flexibility index (Phi) is 3.44. The Labute approximate surface area is 116 Å². The van der Waals surface area contributed by atoms with Crippen molar-refractivity contribution in [3.05, 3.63) is 46.1 Å². The van der Waals surface area contributed by atoms with Crippen molar-refractivity contribution in [2.24, 2.45) is 0 Å². The van der Waals surface area contributed by atoms with Crippen LogP contribution < -0.4 is 10.1 Å². The second kappa shape index (κ2) is 5.23. The predicted molar refractivity (Wildman–Crippen MR) is 72.4 cm³/mol. The summed E-state index contributed by atoms with van der Waals surface area (Å²) in [5.74, 6) is 2.49. The van der Waals surface area contributed by atoms with Gasteiger partial charge in [-0.25, -0.2) is 4.98 Å². The molecule has 0 fully saturated rings. The van der Waals surface area contributed by atoms with Crippen molar-refractivity contribution < 1.29 is 9.15 Å². The van der Waals surface area contributed by atoms with E-state index in [-0.39, 0.29) is 0 Å². The summed E-state index contributed by atoms with van der Waals surface area (Å²) >= 11 is 6.11. The Morgan fingerprint density at radius 3 is 3.05 bits per heavy atom. The van der Waals surface area contributed by atoms with Crippen molar-refractivity contribution >= 4 is 11.6 Å². The van der Waals surface area contributed by atoms with Gasteiger partial charge in [-0.05, 0) is 24.6 Å². The van der Waals surface area contributed by atoms with E-state index in [2.05, 4.69) is 10.3 Å². The van der Waals surface area contributed by atoms with Crippen molar-refractivity contribution in [2.75, 3.05) is 6.61 Å². The lowest BCUT2D eigenvalue weighted by atomic mass is 10.1. The lowest BCUT2D eigenvalue weighted by Crippen LogP contribution is -2.13. The summed E-state index contributed by atoms with van der Waals surface area (Å²) in [5.41, 5.74) is 2.28. The topological polar surface area (TPSA) is 47.3 Å². The minimum Gasteiger partial charge on any atom is -0.493 e. The highest BCUT2D eigenvalue weighted by Gasteiger charge is 2.17. The first-order valence-electron chi connectivity index (χ1n) is 6.28. The maximum atomic E-state index is 6.11. The average Bonchev–Trinajstić information content (AvgIpc) is 2.98. The van der Waals surface area contributed by atoms with Gasteiger partial charge in [-0.3, -0.25) is 0 Å². The summed E-state index contributed by atoms with van der Waals surface area (Å²) in [6.45, 7) is 3.90. The number of ether oxygens (including phenoxy) is 1. The van der Waals surface area contributed by atoms with Gasteiger partial charge in [0, 0.05) is 23.6 Å². The van der Waals surface area contributed by atoms with E-state index in [9.17, 15) is 0 Å². The third-order valence-corrected chi connectivity index (χ3v) is 3.30. The third-order valence-electron chi connectivity index (χ3n) is 3.09. The quantitative estimate of drug-likeness (QED) is 0.934. The number of aromatic nitrogens is 1. The van der Waals surface area contributed by atoms with E-state index >= 15 is 0 Å². The molecule has 1 aromatic heterocycles. The summed E-state index contributed by atoms with van der Waals surface area (Å²) in [7, 11) is 0. The number of halogens is 1. The number of rotatable bonds is 4. The molecule has 2 heterocycles. The monoisotopic (exact) mass is 278 g/mol. The van der Waals surface area contributed by atoms with Gasteiger partial charge >= 0.3 is 0 Å². The lowest BCUT2D eigenvalue weighted by Gasteiger charge is -2.09. The fourth-order valence-corrected chi connectivity index (χ4v) is 2.53. The molecule has 0 saturated heterocycles. The molecule has 0 bridgehead atoms. The fraction of sp³-hybridized carbons (Fsp3) is 0.357. The normalized spacial score (nSPS) is 13.4. The van der Waals surface area contributed by atoms with Gasteiger partial charge in [-0.2, -0.15) is 0 Å². The van der Waals surface area contributed by atoms with Crippen LogP contribution in [0.2, 0.25) is 5.02 Å². The zero-order valence-corrected chi connectivity index (χ0v) is 11.5. The van der Waals surface area contributed by atoms with Crippen LogP contribution in [0.25, 0.3) is 0 Å². The highest BCUT2D eigenvalue weighted by atomic mass is 35.5. The summed E-state index contributed by atoms with van der Waals surface area (Å²) in [6.07, 6.45) is 2.65. The van der Waals surface area contributed by atoms with E-state index in [0.717, 1.165) is 35.1 Å². The number of oxazole rings is 1. The Bertz CT molecular complexity index is 595.